The van der Waals surface area contributed by atoms with Crippen molar-refractivity contribution in [1.29, 1.82) is 0 Å². The first-order chi connectivity index (χ1) is 17.8. The highest BCUT2D eigenvalue weighted by molar-refractivity contribution is 7.91. The van der Waals surface area contributed by atoms with Crippen LogP contribution in [-0.4, -0.2) is 44.9 Å². The van der Waals surface area contributed by atoms with E-state index in [4.69, 9.17) is 4.74 Å². The first-order valence-electron chi connectivity index (χ1n) is 12.6. The Kier molecular flexibility index (Phi) is 9.02. The molecule has 1 aliphatic heterocycles. The molecule has 2 N–H and O–H groups in total. The number of sulfonamides is 1. The summed E-state index contributed by atoms with van der Waals surface area (Å²) in [7, 11) is -2.00. The third-order valence-corrected chi connectivity index (χ3v) is 10.1. The van der Waals surface area contributed by atoms with E-state index in [2.05, 4.69) is 48.7 Å². The molecule has 1 fully saturated rings. The lowest BCUT2D eigenvalue weighted by molar-refractivity contribution is 0.0951. The van der Waals surface area contributed by atoms with Crippen LogP contribution >= 0.6 is 11.3 Å². The van der Waals surface area contributed by atoms with E-state index in [-0.39, 0.29) is 12.5 Å². The van der Waals surface area contributed by atoms with Crippen LogP contribution in [0.5, 0.6) is 5.75 Å². The maximum atomic E-state index is 13.2. The molecule has 0 aliphatic carbocycles. The maximum Gasteiger partial charge on any atom is 0.252 e. The van der Waals surface area contributed by atoms with Crippen LogP contribution in [0.4, 0.5) is 0 Å². The van der Waals surface area contributed by atoms with Gasteiger partial charge in [0.15, 0.2) is 0 Å². The van der Waals surface area contributed by atoms with Gasteiger partial charge in [0.25, 0.3) is 15.9 Å². The quantitative estimate of drug-likeness (QED) is 0.387. The number of hydrogen-bond donors (Lipinski definition) is 2. The summed E-state index contributed by atoms with van der Waals surface area (Å²) in [5.41, 5.74) is 3.06. The summed E-state index contributed by atoms with van der Waals surface area (Å²) in [6.45, 7) is 6.41. The number of rotatable bonds is 10. The number of nitrogens with one attached hydrogen (secondary N) is 2. The van der Waals surface area contributed by atoms with Crippen LogP contribution < -0.4 is 15.4 Å². The maximum absolute atomic E-state index is 13.2. The van der Waals surface area contributed by atoms with Gasteiger partial charge in [0.05, 0.1) is 13.7 Å². The monoisotopic (exact) mass is 541 g/mol. The average molecular weight is 542 g/mol. The van der Waals surface area contributed by atoms with Gasteiger partial charge in [-0.05, 0) is 60.2 Å². The summed E-state index contributed by atoms with van der Waals surface area (Å²) in [6, 6.07) is 19.3. The Hall–Kier alpha value is -2.72. The molecule has 7 nitrogen and oxygen atoms in total. The van der Waals surface area contributed by atoms with Gasteiger partial charge in [-0.3, -0.25) is 4.79 Å². The van der Waals surface area contributed by atoms with Gasteiger partial charge in [0, 0.05) is 36.1 Å². The van der Waals surface area contributed by atoms with Crippen LogP contribution in [0, 0.1) is 0 Å². The van der Waals surface area contributed by atoms with Gasteiger partial charge in [-0.2, -0.15) is 4.31 Å². The van der Waals surface area contributed by atoms with Crippen LogP contribution in [0.1, 0.15) is 59.0 Å². The summed E-state index contributed by atoms with van der Waals surface area (Å²) >= 11 is 1.21. The molecule has 2 aromatic carbocycles. The fourth-order valence-corrected chi connectivity index (χ4v) is 7.26. The lowest BCUT2D eigenvalue weighted by Crippen LogP contribution is -2.44. The Morgan fingerprint density at radius 1 is 1.05 bits per heavy atom. The first kappa shape index (κ1) is 27.3. The van der Waals surface area contributed by atoms with Crippen LogP contribution in [0.15, 0.2) is 64.9 Å². The van der Waals surface area contributed by atoms with E-state index in [1.807, 2.05) is 0 Å². The Morgan fingerprint density at radius 3 is 2.46 bits per heavy atom. The largest absolute Gasteiger partial charge is 0.497 e. The molecule has 0 bridgehead atoms. The zero-order valence-corrected chi connectivity index (χ0v) is 23.2. The fraction of sp³-hybridized carbons (Fsp3) is 0.393. The number of benzene rings is 2. The highest BCUT2D eigenvalue weighted by Crippen LogP contribution is 2.27. The molecule has 1 saturated heterocycles. The van der Waals surface area contributed by atoms with Crippen molar-refractivity contribution < 1.29 is 17.9 Å². The number of thiophene rings is 1. The summed E-state index contributed by atoms with van der Waals surface area (Å²) < 4.78 is 33.5. The zero-order chi connectivity index (χ0) is 26.4. The van der Waals surface area contributed by atoms with Gasteiger partial charge < -0.3 is 15.4 Å². The lowest BCUT2D eigenvalue weighted by atomic mass is 10.0. The standard InChI is InChI=1S/C28H35N3O4S2/c1-20(2)22-9-7-21(8-10-22)18-29-24-13-15-31(16-14-24)37(33,34)27-12-11-26(36-27)19-30-28(32)23-5-4-6-25(17-23)35-3/h4-12,17,20,24,29H,13-16,18-19H2,1-3H3,(H,30,32). The van der Waals surface area contributed by atoms with E-state index < -0.39 is 10.0 Å². The van der Waals surface area contributed by atoms with Gasteiger partial charge in [-0.25, -0.2) is 8.42 Å². The smallest absolute Gasteiger partial charge is 0.252 e. The summed E-state index contributed by atoms with van der Waals surface area (Å²) in [5, 5.41) is 6.44. The number of piperidine rings is 1. The molecule has 198 valence electrons. The minimum atomic E-state index is -3.55. The van der Waals surface area contributed by atoms with Crippen LogP contribution in [0.3, 0.4) is 0 Å². The number of hydrogen-bond acceptors (Lipinski definition) is 6. The average Bonchev–Trinajstić information content (AvgIpc) is 3.41. The van der Waals surface area contributed by atoms with Gasteiger partial charge >= 0.3 is 0 Å². The fourth-order valence-electron chi connectivity index (χ4n) is 4.34. The number of ether oxygens (including phenoxy) is 1. The third-order valence-electron chi connectivity index (χ3n) is 6.68. The van der Waals surface area contributed by atoms with Crippen molar-refractivity contribution in [3.63, 3.8) is 0 Å². The highest BCUT2D eigenvalue weighted by atomic mass is 32.2. The molecular weight excluding hydrogens is 506 g/mol. The SMILES string of the molecule is COc1cccc(C(=O)NCc2ccc(S(=O)(=O)N3CCC(NCc4ccc(C(C)C)cc4)CC3)s2)c1. The van der Waals surface area contributed by atoms with E-state index in [0.717, 1.165) is 24.3 Å². The molecule has 9 heteroatoms. The van der Waals surface area contributed by atoms with E-state index in [1.165, 1.54) is 22.5 Å². The topological polar surface area (TPSA) is 87.7 Å². The van der Waals surface area contributed by atoms with Crippen molar-refractivity contribution in [3.8, 4) is 5.75 Å². The minimum Gasteiger partial charge on any atom is -0.497 e. The molecule has 37 heavy (non-hydrogen) atoms. The Labute approximate surface area is 223 Å². The van der Waals surface area contributed by atoms with Gasteiger partial charge in [0.1, 0.15) is 9.96 Å². The van der Waals surface area contributed by atoms with Gasteiger partial charge in [0.2, 0.25) is 0 Å². The van der Waals surface area contributed by atoms with Crippen molar-refractivity contribution in [2.45, 2.75) is 55.9 Å². The molecule has 1 aromatic heterocycles. The Balaban J connectivity index is 1.26. The Morgan fingerprint density at radius 2 is 1.78 bits per heavy atom. The van der Waals surface area contributed by atoms with Crippen molar-refractivity contribution >= 4 is 27.3 Å². The number of nitrogens with zero attached hydrogens (tertiary/aromatic N) is 1. The second-order valence-electron chi connectivity index (χ2n) is 9.59. The molecular formula is C28H35N3O4S2. The van der Waals surface area contributed by atoms with Gasteiger partial charge in [-0.1, -0.05) is 44.2 Å². The molecule has 0 unspecified atom stereocenters. The third kappa shape index (κ3) is 6.98. The Bertz CT molecular complexity index is 1290. The van der Waals surface area contributed by atoms with E-state index >= 15 is 0 Å². The minimum absolute atomic E-state index is 0.234. The summed E-state index contributed by atoms with van der Waals surface area (Å²) in [6.07, 6.45) is 1.55. The van der Waals surface area contributed by atoms with Crippen molar-refractivity contribution in [2.75, 3.05) is 20.2 Å². The number of carbonyl (C=O) groups excluding carboxylic acids is 1. The summed E-state index contributed by atoms with van der Waals surface area (Å²) in [5.74, 6) is 0.893. The zero-order valence-electron chi connectivity index (χ0n) is 21.6. The van der Waals surface area contributed by atoms with Crippen LogP contribution in [0.25, 0.3) is 0 Å². The molecule has 4 rings (SSSR count). The lowest BCUT2D eigenvalue weighted by Gasteiger charge is -2.31. The van der Waals surface area contributed by atoms with E-state index in [9.17, 15) is 13.2 Å². The number of methoxy groups -OCH3 is 1. The normalized spacial score (nSPS) is 15.1. The molecule has 0 atom stereocenters. The van der Waals surface area contributed by atoms with Gasteiger partial charge in [-0.15, -0.1) is 11.3 Å². The molecule has 2 heterocycles. The van der Waals surface area contributed by atoms with Crippen LogP contribution in [0.2, 0.25) is 0 Å². The van der Waals surface area contributed by atoms with Crippen LogP contribution in [-0.2, 0) is 23.1 Å². The number of amides is 1. The molecule has 3 aromatic rings. The second-order valence-corrected chi connectivity index (χ2v) is 12.9. The molecule has 1 aliphatic rings. The molecule has 0 radical (unpaired) electrons. The number of carbonyl (C=O) groups is 1. The van der Waals surface area contributed by atoms with E-state index in [0.29, 0.717) is 40.6 Å². The first-order valence-corrected chi connectivity index (χ1v) is 14.8. The predicted molar refractivity (Wildman–Crippen MR) is 148 cm³/mol. The molecule has 0 spiro atoms. The highest BCUT2D eigenvalue weighted by Gasteiger charge is 2.30. The molecule has 1 amide bonds. The molecule has 0 saturated carbocycles. The van der Waals surface area contributed by atoms with Crippen molar-refractivity contribution in [3.05, 3.63) is 82.2 Å². The van der Waals surface area contributed by atoms with E-state index in [1.54, 1.807) is 47.8 Å². The van der Waals surface area contributed by atoms with Crippen molar-refractivity contribution in [1.82, 2.24) is 14.9 Å². The predicted octanol–water partition coefficient (Wildman–Crippen LogP) is 4.75. The van der Waals surface area contributed by atoms with Crippen molar-refractivity contribution in [2.24, 2.45) is 0 Å². The summed E-state index contributed by atoms with van der Waals surface area (Å²) in [4.78, 5) is 13.2. The second kappa shape index (κ2) is 12.2.